The van der Waals surface area contributed by atoms with E-state index in [2.05, 4.69) is 41.2 Å². The first-order valence-electron chi connectivity index (χ1n) is 7.53. The topological polar surface area (TPSA) is 29.9 Å². The molecule has 3 rings (SSSR count). The van der Waals surface area contributed by atoms with Gasteiger partial charge in [0.05, 0.1) is 11.2 Å². The number of nitrogens with zero attached hydrogens (tertiary/aromatic N) is 2. The number of halogens is 1. The van der Waals surface area contributed by atoms with Gasteiger partial charge in [0.15, 0.2) is 0 Å². The molecule has 2 aromatic rings. The zero-order valence-electron chi connectivity index (χ0n) is 12.0. The van der Waals surface area contributed by atoms with Gasteiger partial charge < -0.3 is 5.32 Å². The maximum Gasteiger partial charge on any atom is 0.0841 e. The third-order valence-corrected chi connectivity index (χ3v) is 4.99. The van der Waals surface area contributed by atoms with Crippen LogP contribution in [0.4, 0.5) is 0 Å². The summed E-state index contributed by atoms with van der Waals surface area (Å²) < 4.78 is 2.08. The summed E-state index contributed by atoms with van der Waals surface area (Å²) in [5, 5.41) is 9.68. The van der Waals surface area contributed by atoms with E-state index >= 15 is 0 Å². The van der Waals surface area contributed by atoms with Gasteiger partial charge in [-0.1, -0.05) is 31.0 Å². The zero-order chi connectivity index (χ0) is 14.0. The Morgan fingerprint density at radius 3 is 2.75 bits per heavy atom. The molecule has 108 valence electrons. The highest BCUT2D eigenvalue weighted by molar-refractivity contribution is 6.18. The number of fused-ring (bicyclic) bond motifs is 1. The Bertz CT molecular complexity index is 584. The van der Waals surface area contributed by atoms with Crippen molar-refractivity contribution in [2.75, 3.05) is 5.88 Å². The fourth-order valence-corrected chi connectivity index (χ4v) is 3.61. The monoisotopic (exact) mass is 291 g/mol. The fourth-order valence-electron chi connectivity index (χ4n) is 3.25. The molecule has 0 unspecified atom stereocenters. The maximum absolute atomic E-state index is 6.19. The third-order valence-electron chi connectivity index (χ3n) is 4.48. The lowest BCUT2D eigenvalue weighted by molar-refractivity contribution is 0.365. The molecule has 1 saturated carbocycles. The average Bonchev–Trinajstić information content (AvgIpc) is 3.10. The number of aryl methyl sites for hydroxylation is 1. The first-order valence-corrected chi connectivity index (χ1v) is 8.07. The van der Waals surface area contributed by atoms with Gasteiger partial charge >= 0.3 is 0 Å². The van der Waals surface area contributed by atoms with Gasteiger partial charge in [-0.3, -0.25) is 4.68 Å². The van der Waals surface area contributed by atoms with Crippen LogP contribution in [0.15, 0.2) is 24.3 Å². The van der Waals surface area contributed by atoms with Crippen molar-refractivity contribution in [2.45, 2.75) is 51.2 Å². The Hall–Kier alpha value is -1.06. The number of aromatic nitrogens is 2. The second-order valence-corrected chi connectivity index (χ2v) is 6.02. The molecule has 0 spiro atoms. The first kappa shape index (κ1) is 13.9. The number of benzene rings is 1. The van der Waals surface area contributed by atoms with Crippen molar-refractivity contribution in [1.29, 1.82) is 0 Å². The van der Waals surface area contributed by atoms with Crippen LogP contribution in [0.2, 0.25) is 0 Å². The molecule has 1 aliphatic rings. The van der Waals surface area contributed by atoms with Gasteiger partial charge in [-0.05, 0) is 25.8 Å². The molecule has 1 aliphatic carbocycles. The zero-order valence-corrected chi connectivity index (χ0v) is 12.8. The summed E-state index contributed by atoms with van der Waals surface area (Å²) >= 11 is 6.19. The summed E-state index contributed by atoms with van der Waals surface area (Å²) in [4.78, 5) is 0. The van der Waals surface area contributed by atoms with E-state index in [1.54, 1.807) is 0 Å². The Labute approximate surface area is 125 Å². The van der Waals surface area contributed by atoms with Crippen LogP contribution in [0.3, 0.4) is 0 Å². The highest BCUT2D eigenvalue weighted by atomic mass is 35.5. The minimum absolute atomic E-state index is 0.124. The number of hydrogen-bond acceptors (Lipinski definition) is 2. The molecule has 1 aromatic carbocycles. The van der Waals surface area contributed by atoms with Crippen LogP contribution in [0, 0.1) is 0 Å². The highest BCUT2D eigenvalue weighted by Gasteiger charge is 2.32. The lowest BCUT2D eigenvalue weighted by Gasteiger charge is -2.27. The van der Waals surface area contributed by atoms with Crippen LogP contribution in [-0.4, -0.2) is 21.2 Å². The van der Waals surface area contributed by atoms with Crippen LogP contribution in [0.25, 0.3) is 10.9 Å². The van der Waals surface area contributed by atoms with Gasteiger partial charge in [-0.25, -0.2) is 0 Å². The third kappa shape index (κ3) is 2.45. The van der Waals surface area contributed by atoms with Crippen molar-refractivity contribution in [3.8, 4) is 0 Å². The Morgan fingerprint density at radius 1 is 1.30 bits per heavy atom. The predicted molar refractivity (Wildman–Crippen MR) is 84.2 cm³/mol. The van der Waals surface area contributed by atoms with Gasteiger partial charge in [0.1, 0.15) is 0 Å². The van der Waals surface area contributed by atoms with Crippen LogP contribution < -0.4 is 5.32 Å². The Morgan fingerprint density at radius 2 is 2.05 bits per heavy atom. The molecule has 0 radical (unpaired) electrons. The molecule has 0 bridgehead atoms. The van der Waals surface area contributed by atoms with E-state index in [1.807, 2.05) is 0 Å². The van der Waals surface area contributed by atoms with E-state index in [9.17, 15) is 0 Å². The van der Waals surface area contributed by atoms with Crippen LogP contribution in [-0.2, 0) is 13.1 Å². The van der Waals surface area contributed by atoms with E-state index < -0.39 is 0 Å². The van der Waals surface area contributed by atoms with E-state index in [1.165, 1.54) is 36.6 Å². The van der Waals surface area contributed by atoms with Gasteiger partial charge in [-0.2, -0.15) is 5.10 Å². The molecule has 0 atom stereocenters. The standard InChI is InChI=1S/C16H22ClN3/c1-2-20-15-8-4-3-7-13(15)14(19-20)11-18-16(12-17)9-5-6-10-16/h3-4,7-8,18H,2,5-6,9-12H2,1H3. The quantitative estimate of drug-likeness (QED) is 0.851. The van der Waals surface area contributed by atoms with E-state index in [0.717, 1.165) is 18.8 Å². The van der Waals surface area contributed by atoms with E-state index in [0.29, 0.717) is 5.88 Å². The number of para-hydroxylation sites is 1. The van der Waals surface area contributed by atoms with Crippen LogP contribution in [0.1, 0.15) is 38.3 Å². The van der Waals surface area contributed by atoms with Crippen LogP contribution in [0.5, 0.6) is 0 Å². The fraction of sp³-hybridized carbons (Fsp3) is 0.562. The molecular formula is C16H22ClN3. The van der Waals surface area contributed by atoms with Crippen molar-refractivity contribution in [1.82, 2.24) is 15.1 Å². The van der Waals surface area contributed by atoms with Gasteiger partial charge in [0.2, 0.25) is 0 Å². The molecule has 1 N–H and O–H groups in total. The summed E-state index contributed by atoms with van der Waals surface area (Å²) in [5.41, 5.74) is 2.48. The van der Waals surface area contributed by atoms with Crippen molar-refractivity contribution in [3.05, 3.63) is 30.0 Å². The second-order valence-electron chi connectivity index (χ2n) is 5.75. The first-order chi connectivity index (χ1) is 9.78. The smallest absolute Gasteiger partial charge is 0.0841 e. The Balaban J connectivity index is 1.84. The molecule has 1 heterocycles. The second kappa shape index (κ2) is 5.74. The normalized spacial score (nSPS) is 17.9. The molecule has 20 heavy (non-hydrogen) atoms. The number of hydrogen-bond donors (Lipinski definition) is 1. The lowest BCUT2D eigenvalue weighted by atomic mass is 10.0. The molecule has 0 saturated heterocycles. The lowest BCUT2D eigenvalue weighted by Crippen LogP contribution is -2.44. The molecule has 0 aliphatic heterocycles. The predicted octanol–water partition coefficient (Wildman–Crippen LogP) is 3.70. The molecule has 1 aromatic heterocycles. The van der Waals surface area contributed by atoms with Crippen LogP contribution >= 0.6 is 11.6 Å². The summed E-state index contributed by atoms with van der Waals surface area (Å²) in [6.45, 7) is 3.84. The average molecular weight is 292 g/mol. The molecule has 4 heteroatoms. The van der Waals surface area contributed by atoms with Crippen molar-refractivity contribution in [3.63, 3.8) is 0 Å². The number of alkyl halides is 1. The minimum atomic E-state index is 0.124. The number of rotatable bonds is 5. The van der Waals surface area contributed by atoms with Crippen molar-refractivity contribution in [2.24, 2.45) is 0 Å². The highest BCUT2D eigenvalue weighted by Crippen LogP contribution is 2.31. The molecule has 3 nitrogen and oxygen atoms in total. The summed E-state index contributed by atoms with van der Waals surface area (Å²) in [6, 6.07) is 8.46. The molecule has 1 fully saturated rings. The van der Waals surface area contributed by atoms with Gasteiger partial charge in [-0.15, -0.1) is 11.6 Å². The van der Waals surface area contributed by atoms with Gasteiger partial charge in [0, 0.05) is 29.9 Å². The minimum Gasteiger partial charge on any atom is -0.304 e. The summed E-state index contributed by atoms with van der Waals surface area (Å²) in [6.07, 6.45) is 4.93. The van der Waals surface area contributed by atoms with Crippen molar-refractivity contribution < 1.29 is 0 Å². The molecule has 0 amide bonds. The van der Waals surface area contributed by atoms with Crippen molar-refractivity contribution >= 4 is 22.5 Å². The van der Waals surface area contributed by atoms with E-state index in [-0.39, 0.29) is 5.54 Å². The molecular weight excluding hydrogens is 270 g/mol. The van der Waals surface area contributed by atoms with Gasteiger partial charge in [0.25, 0.3) is 0 Å². The largest absolute Gasteiger partial charge is 0.304 e. The summed E-state index contributed by atoms with van der Waals surface area (Å²) in [5.74, 6) is 0.694. The number of nitrogens with one attached hydrogen (secondary N) is 1. The SMILES string of the molecule is CCn1nc(CNC2(CCl)CCCC2)c2ccccc21. The maximum atomic E-state index is 6.19. The van der Waals surface area contributed by atoms with E-state index in [4.69, 9.17) is 16.7 Å². The Kier molecular flexibility index (Phi) is 3.99. The summed E-state index contributed by atoms with van der Waals surface area (Å²) in [7, 11) is 0.